The van der Waals surface area contributed by atoms with E-state index in [2.05, 4.69) is 17.6 Å². The summed E-state index contributed by atoms with van der Waals surface area (Å²) in [7, 11) is 0. The average Bonchev–Trinajstić information content (AvgIpc) is 2.75. The number of nitrogens with one attached hydrogen (secondary N) is 2. The quantitative estimate of drug-likeness (QED) is 0.657. The average molecular weight is 170 g/mol. The molecule has 1 fully saturated rings. The molecule has 0 spiro atoms. The van der Waals surface area contributed by atoms with E-state index in [9.17, 15) is 4.79 Å². The van der Waals surface area contributed by atoms with Crippen molar-refractivity contribution < 1.29 is 4.79 Å². The summed E-state index contributed by atoms with van der Waals surface area (Å²) >= 11 is 0. The van der Waals surface area contributed by atoms with Gasteiger partial charge >= 0.3 is 6.03 Å². The lowest BCUT2D eigenvalue weighted by Crippen LogP contribution is -2.37. The van der Waals surface area contributed by atoms with Gasteiger partial charge in [-0.25, -0.2) is 4.79 Å². The third-order valence-corrected chi connectivity index (χ3v) is 2.34. The Kier molecular flexibility index (Phi) is 3.38. The molecule has 70 valence electrons. The molecule has 1 rings (SSSR count). The summed E-state index contributed by atoms with van der Waals surface area (Å²) in [6.45, 7) is 5.88. The molecule has 0 bridgehead atoms. The van der Waals surface area contributed by atoms with Gasteiger partial charge in [0.05, 0.1) is 0 Å². The molecule has 1 aliphatic rings. The normalized spacial score (nSPS) is 26.5. The van der Waals surface area contributed by atoms with Crippen LogP contribution in [-0.2, 0) is 0 Å². The van der Waals surface area contributed by atoms with E-state index in [0.717, 1.165) is 31.3 Å². The van der Waals surface area contributed by atoms with Crippen molar-refractivity contribution in [1.29, 1.82) is 0 Å². The van der Waals surface area contributed by atoms with Gasteiger partial charge in [0.25, 0.3) is 0 Å². The van der Waals surface area contributed by atoms with Crippen molar-refractivity contribution in [3.8, 4) is 0 Å². The molecule has 12 heavy (non-hydrogen) atoms. The topological polar surface area (TPSA) is 41.1 Å². The molecular weight excluding hydrogens is 152 g/mol. The van der Waals surface area contributed by atoms with Crippen molar-refractivity contribution in [1.82, 2.24) is 10.6 Å². The number of hydrogen-bond acceptors (Lipinski definition) is 1. The maximum atomic E-state index is 11.0. The monoisotopic (exact) mass is 170 g/mol. The summed E-state index contributed by atoms with van der Waals surface area (Å²) in [4.78, 5) is 11.0. The molecule has 0 radical (unpaired) electrons. The van der Waals surface area contributed by atoms with Crippen molar-refractivity contribution in [3.05, 3.63) is 0 Å². The van der Waals surface area contributed by atoms with Crippen LogP contribution in [0.2, 0.25) is 0 Å². The van der Waals surface area contributed by atoms with E-state index in [-0.39, 0.29) is 6.03 Å². The molecule has 0 aromatic carbocycles. The van der Waals surface area contributed by atoms with Crippen LogP contribution in [0.3, 0.4) is 0 Å². The number of hydrogen-bond donors (Lipinski definition) is 2. The van der Waals surface area contributed by atoms with E-state index in [0.29, 0.717) is 0 Å². The number of urea groups is 1. The zero-order chi connectivity index (χ0) is 8.97. The molecule has 0 saturated heterocycles. The fraction of sp³-hybridized carbons (Fsp3) is 0.889. The van der Waals surface area contributed by atoms with Crippen molar-refractivity contribution in [3.63, 3.8) is 0 Å². The lowest BCUT2D eigenvalue weighted by Gasteiger charge is -2.05. The van der Waals surface area contributed by atoms with Crippen LogP contribution in [-0.4, -0.2) is 19.1 Å². The number of rotatable bonds is 4. The molecule has 0 heterocycles. The molecule has 3 nitrogen and oxygen atoms in total. The minimum atomic E-state index is -0.0176. The molecule has 1 saturated carbocycles. The van der Waals surface area contributed by atoms with Gasteiger partial charge in [0.1, 0.15) is 0 Å². The zero-order valence-corrected chi connectivity index (χ0v) is 7.89. The molecule has 0 aliphatic heterocycles. The minimum Gasteiger partial charge on any atom is -0.338 e. The lowest BCUT2D eigenvalue weighted by molar-refractivity contribution is 0.240. The van der Waals surface area contributed by atoms with E-state index in [4.69, 9.17) is 0 Å². The fourth-order valence-electron chi connectivity index (χ4n) is 1.21. The SMILES string of the molecule is CCCNC(=O)NCC1CC1C. The van der Waals surface area contributed by atoms with Crippen LogP contribution < -0.4 is 10.6 Å². The molecule has 0 aromatic rings. The van der Waals surface area contributed by atoms with E-state index in [1.807, 2.05) is 6.92 Å². The second-order valence-corrected chi connectivity index (χ2v) is 3.61. The first-order valence-electron chi connectivity index (χ1n) is 4.75. The highest BCUT2D eigenvalue weighted by atomic mass is 16.2. The third-order valence-electron chi connectivity index (χ3n) is 2.34. The van der Waals surface area contributed by atoms with E-state index < -0.39 is 0 Å². The Balaban J connectivity index is 1.95. The Morgan fingerprint density at radius 2 is 2.17 bits per heavy atom. The van der Waals surface area contributed by atoms with Crippen molar-refractivity contribution in [2.45, 2.75) is 26.7 Å². The zero-order valence-electron chi connectivity index (χ0n) is 7.89. The van der Waals surface area contributed by atoms with Crippen LogP contribution in [0.4, 0.5) is 4.79 Å². The minimum absolute atomic E-state index is 0.0176. The Morgan fingerprint density at radius 3 is 2.67 bits per heavy atom. The second-order valence-electron chi connectivity index (χ2n) is 3.61. The maximum Gasteiger partial charge on any atom is 0.314 e. The molecular formula is C9H18N2O. The molecule has 2 amide bonds. The van der Waals surface area contributed by atoms with Crippen LogP contribution in [0.15, 0.2) is 0 Å². The smallest absolute Gasteiger partial charge is 0.314 e. The fourth-order valence-corrected chi connectivity index (χ4v) is 1.21. The highest BCUT2D eigenvalue weighted by Gasteiger charge is 2.32. The Hall–Kier alpha value is -0.730. The van der Waals surface area contributed by atoms with Gasteiger partial charge in [0.2, 0.25) is 0 Å². The summed E-state index contributed by atoms with van der Waals surface area (Å²) in [6, 6.07) is -0.0176. The molecule has 0 aromatic heterocycles. The van der Waals surface area contributed by atoms with Gasteiger partial charge in [-0.3, -0.25) is 0 Å². The van der Waals surface area contributed by atoms with E-state index in [1.54, 1.807) is 0 Å². The van der Waals surface area contributed by atoms with Gasteiger partial charge in [0.15, 0.2) is 0 Å². The van der Waals surface area contributed by atoms with Crippen LogP contribution in [0.1, 0.15) is 26.7 Å². The van der Waals surface area contributed by atoms with Crippen molar-refractivity contribution in [2.24, 2.45) is 11.8 Å². The second kappa shape index (κ2) is 4.33. The molecule has 2 atom stereocenters. The van der Waals surface area contributed by atoms with Gasteiger partial charge in [-0.15, -0.1) is 0 Å². The summed E-state index contributed by atoms with van der Waals surface area (Å²) in [5.74, 6) is 1.55. The predicted molar refractivity (Wildman–Crippen MR) is 49.0 cm³/mol. The van der Waals surface area contributed by atoms with Crippen LogP contribution in [0.25, 0.3) is 0 Å². The third kappa shape index (κ3) is 3.11. The molecule has 2 N–H and O–H groups in total. The van der Waals surface area contributed by atoms with Crippen molar-refractivity contribution >= 4 is 6.03 Å². The molecule has 1 aliphatic carbocycles. The number of amides is 2. The van der Waals surface area contributed by atoms with Crippen molar-refractivity contribution in [2.75, 3.05) is 13.1 Å². The van der Waals surface area contributed by atoms with E-state index in [1.165, 1.54) is 6.42 Å². The largest absolute Gasteiger partial charge is 0.338 e. The summed E-state index contributed by atoms with van der Waals surface area (Å²) in [5.41, 5.74) is 0. The maximum absolute atomic E-state index is 11.0. The van der Waals surface area contributed by atoms with Crippen LogP contribution in [0, 0.1) is 11.8 Å². The van der Waals surface area contributed by atoms with Crippen LogP contribution >= 0.6 is 0 Å². The lowest BCUT2D eigenvalue weighted by atomic mass is 10.3. The summed E-state index contributed by atoms with van der Waals surface area (Å²) < 4.78 is 0. The number of carbonyl (C=O) groups excluding carboxylic acids is 1. The standard InChI is InChI=1S/C9H18N2O/c1-3-4-10-9(12)11-6-8-5-7(8)2/h7-8H,3-6H2,1-2H3,(H2,10,11,12). The predicted octanol–water partition coefficient (Wildman–Crippen LogP) is 1.35. The Bertz CT molecular complexity index is 159. The Morgan fingerprint density at radius 1 is 1.50 bits per heavy atom. The molecule has 2 unspecified atom stereocenters. The first-order chi connectivity index (χ1) is 5.74. The van der Waals surface area contributed by atoms with Gasteiger partial charge in [0, 0.05) is 13.1 Å². The number of carbonyl (C=O) groups is 1. The first kappa shape index (κ1) is 9.36. The highest BCUT2D eigenvalue weighted by Crippen LogP contribution is 2.36. The van der Waals surface area contributed by atoms with Crippen LogP contribution in [0.5, 0.6) is 0 Å². The van der Waals surface area contributed by atoms with E-state index >= 15 is 0 Å². The van der Waals surface area contributed by atoms with Gasteiger partial charge in [-0.2, -0.15) is 0 Å². The van der Waals surface area contributed by atoms with Gasteiger partial charge in [-0.05, 0) is 24.7 Å². The van der Waals surface area contributed by atoms with Gasteiger partial charge in [-0.1, -0.05) is 13.8 Å². The summed E-state index contributed by atoms with van der Waals surface area (Å²) in [6.07, 6.45) is 2.27. The van der Waals surface area contributed by atoms with Gasteiger partial charge < -0.3 is 10.6 Å². The highest BCUT2D eigenvalue weighted by molar-refractivity contribution is 5.73. The summed E-state index contributed by atoms with van der Waals surface area (Å²) in [5, 5.41) is 5.64. The first-order valence-corrected chi connectivity index (χ1v) is 4.75. The molecule has 3 heteroatoms. The Labute approximate surface area is 73.9 Å².